The minimum atomic E-state index is -0.498. The average molecular weight is 353 g/mol. The minimum absolute atomic E-state index is 0.00766. The molecule has 134 valence electrons. The van der Waals surface area contributed by atoms with Gasteiger partial charge in [0.25, 0.3) is 0 Å². The van der Waals surface area contributed by atoms with Crippen LogP contribution in [0.15, 0.2) is 53.1 Å². The van der Waals surface area contributed by atoms with Crippen LogP contribution in [0.1, 0.15) is 21.6 Å². The van der Waals surface area contributed by atoms with Crippen molar-refractivity contribution in [3.05, 3.63) is 65.4 Å². The number of aryl methyl sites for hydroxylation is 1. The van der Waals surface area contributed by atoms with E-state index < -0.39 is 5.97 Å². The maximum atomic E-state index is 12.3. The van der Waals surface area contributed by atoms with Gasteiger partial charge < -0.3 is 18.7 Å². The standard InChI is InChI=1S/C20H19NO5/c1-13-4-6-14(7-5-13)19-10-16(21-26-19)12-25-20(22)15-8-17(23-2)11-18(9-15)24-3/h4-11H,12H2,1-3H3. The molecule has 0 bridgehead atoms. The van der Waals surface area contributed by atoms with Crippen LogP contribution in [0.2, 0.25) is 0 Å². The van der Waals surface area contributed by atoms with E-state index in [9.17, 15) is 4.79 Å². The van der Waals surface area contributed by atoms with Gasteiger partial charge in [-0.25, -0.2) is 4.79 Å². The van der Waals surface area contributed by atoms with Gasteiger partial charge >= 0.3 is 5.97 Å². The molecule has 1 aromatic heterocycles. The molecule has 0 atom stereocenters. The molecule has 0 unspecified atom stereocenters. The number of ether oxygens (including phenoxy) is 3. The topological polar surface area (TPSA) is 70.8 Å². The molecule has 0 saturated heterocycles. The molecule has 0 aliphatic heterocycles. The van der Waals surface area contributed by atoms with Gasteiger partial charge in [0, 0.05) is 17.7 Å². The molecule has 6 heteroatoms. The monoisotopic (exact) mass is 353 g/mol. The third-order valence-corrected chi connectivity index (χ3v) is 3.83. The fraction of sp³-hybridized carbons (Fsp3) is 0.200. The molecular formula is C20H19NO5. The first-order chi connectivity index (χ1) is 12.6. The van der Waals surface area contributed by atoms with Crippen LogP contribution in [0, 0.1) is 6.92 Å². The van der Waals surface area contributed by atoms with Crippen molar-refractivity contribution in [2.75, 3.05) is 14.2 Å². The largest absolute Gasteiger partial charge is 0.497 e. The number of carbonyl (C=O) groups excluding carboxylic acids is 1. The van der Waals surface area contributed by atoms with Crippen molar-refractivity contribution in [2.24, 2.45) is 0 Å². The number of methoxy groups -OCH3 is 2. The Kier molecular flexibility index (Phi) is 5.22. The van der Waals surface area contributed by atoms with Crippen LogP contribution in [0.4, 0.5) is 0 Å². The molecule has 0 radical (unpaired) electrons. The molecule has 0 aliphatic carbocycles. The summed E-state index contributed by atoms with van der Waals surface area (Å²) in [5.41, 5.74) is 2.95. The highest BCUT2D eigenvalue weighted by Gasteiger charge is 2.13. The van der Waals surface area contributed by atoms with Gasteiger partial charge in [0.15, 0.2) is 5.76 Å². The van der Waals surface area contributed by atoms with Crippen LogP contribution in [-0.4, -0.2) is 25.3 Å². The second-order valence-electron chi connectivity index (χ2n) is 5.73. The zero-order valence-electron chi connectivity index (χ0n) is 14.8. The average Bonchev–Trinajstić information content (AvgIpc) is 3.15. The molecule has 0 N–H and O–H groups in total. The molecule has 3 aromatic rings. The normalized spacial score (nSPS) is 10.4. The summed E-state index contributed by atoms with van der Waals surface area (Å²) < 4.78 is 20.9. The highest BCUT2D eigenvalue weighted by Crippen LogP contribution is 2.24. The molecule has 6 nitrogen and oxygen atoms in total. The van der Waals surface area contributed by atoms with Crippen molar-refractivity contribution >= 4 is 5.97 Å². The highest BCUT2D eigenvalue weighted by molar-refractivity contribution is 5.90. The van der Waals surface area contributed by atoms with Crippen molar-refractivity contribution < 1.29 is 23.5 Å². The molecule has 0 saturated carbocycles. The molecule has 0 spiro atoms. The number of esters is 1. The van der Waals surface area contributed by atoms with E-state index in [1.165, 1.54) is 14.2 Å². The molecule has 3 rings (SSSR count). The summed E-state index contributed by atoms with van der Waals surface area (Å²) >= 11 is 0. The van der Waals surface area contributed by atoms with E-state index in [0.717, 1.165) is 11.1 Å². The summed E-state index contributed by atoms with van der Waals surface area (Å²) in [6.45, 7) is 2.02. The van der Waals surface area contributed by atoms with Crippen LogP contribution in [0.3, 0.4) is 0 Å². The predicted octanol–water partition coefficient (Wildman–Crippen LogP) is 4.02. The van der Waals surface area contributed by atoms with E-state index in [1.54, 1.807) is 24.3 Å². The van der Waals surface area contributed by atoms with Crippen molar-refractivity contribution in [3.8, 4) is 22.8 Å². The Morgan fingerprint density at radius 2 is 1.65 bits per heavy atom. The van der Waals surface area contributed by atoms with Crippen LogP contribution in [0.25, 0.3) is 11.3 Å². The fourth-order valence-electron chi connectivity index (χ4n) is 2.38. The third kappa shape index (κ3) is 4.03. The van der Waals surface area contributed by atoms with Gasteiger partial charge in [0.05, 0.1) is 19.8 Å². The first kappa shape index (κ1) is 17.5. The van der Waals surface area contributed by atoms with E-state index in [-0.39, 0.29) is 6.61 Å². The lowest BCUT2D eigenvalue weighted by molar-refractivity contribution is 0.0463. The summed E-state index contributed by atoms with van der Waals surface area (Å²) in [7, 11) is 3.04. The maximum Gasteiger partial charge on any atom is 0.338 e. The van der Waals surface area contributed by atoms with Gasteiger partial charge in [-0.05, 0) is 19.1 Å². The zero-order valence-corrected chi connectivity index (χ0v) is 14.8. The maximum absolute atomic E-state index is 12.3. The summed E-state index contributed by atoms with van der Waals surface area (Å²) in [6, 6.07) is 14.5. The lowest BCUT2D eigenvalue weighted by Gasteiger charge is -2.08. The Labute approximate surface area is 151 Å². The van der Waals surface area contributed by atoms with Gasteiger partial charge in [0.1, 0.15) is 23.8 Å². The van der Waals surface area contributed by atoms with E-state index in [4.69, 9.17) is 18.7 Å². The molecule has 2 aromatic carbocycles. The number of rotatable bonds is 6. The number of hydrogen-bond donors (Lipinski definition) is 0. The lowest BCUT2D eigenvalue weighted by atomic mass is 10.1. The third-order valence-electron chi connectivity index (χ3n) is 3.83. The molecule has 26 heavy (non-hydrogen) atoms. The minimum Gasteiger partial charge on any atom is -0.497 e. The smallest absolute Gasteiger partial charge is 0.338 e. The van der Waals surface area contributed by atoms with Crippen LogP contribution >= 0.6 is 0 Å². The van der Waals surface area contributed by atoms with Gasteiger partial charge in [-0.15, -0.1) is 0 Å². The Morgan fingerprint density at radius 1 is 1.00 bits per heavy atom. The second kappa shape index (κ2) is 7.74. The quantitative estimate of drug-likeness (QED) is 0.623. The Morgan fingerprint density at radius 3 is 2.27 bits per heavy atom. The first-order valence-electron chi connectivity index (χ1n) is 8.02. The Bertz CT molecular complexity index is 877. The highest BCUT2D eigenvalue weighted by atomic mass is 16.5. The molecule has 0 amide bonds. The van der Waals surface area contributed by atoms with Gasteiger partial charge in [-0.2, -0.15) is 0 Å². The summed E-state index contributed by atoms with van der Waals surface area (Å²) in [5, 5.41) is 3.95. The van der Waals surface area contributed by atoms with Crippen LogP contribution < -0.4 is 9.47 Å². The number of carbonyl (C=O) groups is 1. The Balaban J connectivity index is 1.67. The SMILES string of the molecule is COc1cc(OC)cc(C(=O)OCc2cc(-c3ccc(C)cc3)on2)c1. The molecule has 0 aliphatic rings. The number of aromatic nitrogens is 1. The molecule has 0 fully saturated rings. The molecular weight excluding hydrogens is 334 g/mol. The van der Waals surface area contributed by atoms with Gasteiger partial charge in [-0.1, -0.05) is 35.0 Å². The van der Waals surface area contributed by atoms with Crippen molar-refractivity contribution in [2.45, 2.75) is 13.5 Å². The second-order valence-corrected chi connectivity index (χ2v) is 5.73. The molecule has 1 heterocycles. The number of nitrogens with zero attached hydrogens (tertiary/aromatic N) is 1. The summed E-state index contributed by atoms with van der Waals surface area (Å²) in [4.78, 5) is 12.3. The van der Waals surface area contributed by atoms with E-state index >= 15 is 0 Å². The number of hydrogen-bond acceptors (Lipinski definition) is 6. The summed E-state index contributed by atoms with van der Waals surface area (Å²) in [6.07, 6.45) is 0. The zero-order chi connectivity index (χ0) is 18.5. The lowest BCUT2D eigenvalue weighted by Crippen LogP contribution is -2.06. The predicted molar refractivity (Wildman–Crippen MR) is 95.3 cm³/mol. The van der Waals surface area contributed by atoms with Crippen molar-refractivity contribution in [3.63, 3.8) is 0 Å². The number of benzene rings is 2. The Hall–Kier alpha value is -3.28. The first-order valence-corrected chi connectivity index (χ1v) is 8.02. The van der Waals surface area contributed by atoms with E-state index in [1.807, 2.05) is 31.2 Å². The van der Waals surface area contributed by atoms with E-state index in [2.05, 4.69) is 5.16 Å². The van der Waals surface area contributed by atoms with E-state index in [0.29, 0.717) is 28.5 Å². The van der Waals surface area contributed by atoms with Gasteiger partial charge in [-0.3, -0.25) is 0 Å². The fourth-order valence-corrected chi connectivity index (χ4v) is 2.38. The van der Waals surface area contributed by atoms with Gasteiger partial charge in [0.2, 0.25) is 0 Å². The van der Waals surface area contributed by atoms with Crippen molar-refractivity contribution in [1.29, 1.82) is 0 Å². The summed E-state index contributed by atoms with van der Waals surface area (Å²) in [5.74, 6) is 1.15. The van der Waals surface area contributed by atoms with Crippen LogP contribution in [-0.2, 0) is 11.3 Å². The van der Waals surface area contributed by atoms with Crippen molar-refractivity contribution in [1.82, 2.24) is 5.16 Å². The van der Waals surface area contributed by atoms with Crippen LogP contribution in [0.5, 0.6) is 11.5 Å².